The molecule has 1 aromatic rings. The number of hydrogen-bond donors (Lipinski definition) is 0. The molecule has 2 fully saturated rings. The molecule has 0 atom stereocenters. The maximum absolute atomic E-state index is 13.3. The van der Waals surface area contributed by atoms with Crippen LogP contribution >= 0.6 is 0 Å². The minimum Gasteiger partial charge on any atom is -0.366 e. The highest BCUT2D eigenvalue weighted by Crippen LogP contribution is 2.40. The Labute approximate surface area is 125 Å². The first-order valence-electron chi connectivity index (χ1n) is 7.11. The first-order chi connectivity index (χ1) is 10.5. The van der Waals surface area contributed by atoms with Gasteiger partial charge < -0.3 is 14.4 Å². The zero-order chi connectivity index (χ0) is 15.7. The van der Waals surface area contributed by atoms with Gasteiger partial charge in [-0.3, -0.25) is 10.1 Å². The van der Waals surface area contributed by atoms with Gasteiger partial charge in [0.25, 0.3) is 5.92 Å². The van der Waals surface area contributed by atoms with Crippen molar-refractivity contribution in [1.82, 2.24) is 0 Å². The Morgan fingerprint density at radius 1 is 1.23 bits per heavy atom. The Bertz CT molecular complexity index is 566. The standard InChI is InChI=1S/C14H16F2N2O4/c15-14(16)4-6-17(7-5-14)11-3-1-2-10(12(11)18(19)20)13-21-8-9-22-13/h1-3,13H,4-9H2. The summed E-state index contributed by atoms with van der Waals surface area (Å²) in [4.78, 5) is 12.6. The molecule has 0 unspecified atom stereocenters. The van der Waals surface area contributed by atoms with Crippen molar-refractivity contribution in [3.8, 4) is 0 Å². The van der Waals surface area contributed by atoms with E-state index in [4.69, 9.17) is 9.47 Å². The van der Waals surface area contributed by atoms with Gasteiger partial charge >= 0.3 is 5.69 Å². The summed E-state index contributed by atoms with van der Waals surface area (Å²) in [6.45, 7) is 0.928. The fraction of sp³-hybridized carbons (Fsp3) is 0.571. The second-order valence-electron chi connectivity index (χ2n) is 5.39. The molecule has 6 nitrogen and oxygen atoms in total. The van der Waals surface area contributed by atoms with Gasteiger partial charge in [0.1, 0.15) is 5.69 Å². The van der Waals surface area contributed by atoms with E-state index in [1.807, 2.05) is 0 Å². The Morgan fingerprint density at radius 3 is 2.45 bits per heavy atom. The van der Waals surface area contributed by atoms with Crippen LogP contribution in [0, 0.1) is 10.1 Å². The molecule has 0 N–H and O–H groups in total. The molecule has 8 heteroatoms. The van der Waals surface area contributed by atoms with Crippen LogP contribution in [0.1, 0.15) is 24.7 Å². The third-order valence-electron chi connectivity index (χ3n) is 3.94. The quantitative estimate of drug-likeness (QED) is 0.634. The summed E-state index contributed by atoms with van der Waals surface area (Å²) >= 11 is 0. The number of benzene rings is 1. The molecule has 2 aliphatic rings. The number of ether oxygens (including phenoxy) is 2. The van der Waals surface area contributed by atoms with Crippen LogP contribution in [0.15, 0.2) is 18.2 Å². The van der Waals surface area contributed by atoms with E-state index >= 15 is 0 Å². The molecular weight excluding hydrogens is 298 g/mol. The van der Waals surface area contributed by atoms with Crippen molar-refractivity contribution in [2.45, 2.75) is 25.1 Å². The lowest BCUT2D eigenvalue weighted by Crippen LogP contribution is -2.39. The van der Waals surface area contributed by atoms with Crippen molar-refractivity contribution in [3.05, 3.63) is 33.9 Å². The van der Waals surface area contributed by atoms with Crippen molar-refractivity contribution in [3.63, 3.8) is 0 Å². The van der Waals surface area contributed by atoms with Crippen LogP contribution in [0.2, 0.25) is 0 Å². The Morgan fingerprint density at radius 2 is 1.86 bits per heavy atom. The molecule has 2 heterocycles. The van der Waals surface area contributed by atoms with Crippen molar-refractivity contribution >= 4 is 11.4 Å². The molecule has 3 rings (SSSR count). The smallest absolute Gasteiger partial charge is 0.300 e. The summed E-state index contributed by atoms with van der Waals surface area (Å²) in [7, 11) is 0. The van der Waals surface area contributed by atoms with Crippen molar-refractivity contribution in [2.24, 2.45) is 0 Å². The summed E-state index contributed by atoms with van der Waals surface area (Å²) < 4.78 is 37.2. The van der Waals surface area contributed by atoms with Gasteiger partial charge in [-0.15, -0.1) is 0 Å². The molecule has 1 aromatic carbocycles. The Balaban J connectivity index is 1.93. The average molecular weight is 314 g/mol. The minimum absolute atomic E-state index is 0.0870. The van der Waals surface area contributed by atoms with Crippen molar-refractivity contribution in [2.75, 3.05) is 31.2 Å². The number of anilines is 1. The first kappa shape index (κ1) is 15.1. The van der Waals surface area contributed by atoms with Crippen LogP contribution in [0.25, 0.3) is 0 Å². The summed E-state index contributed by atoms with van der Waals surface area (Å²) in [5.74, 6) is -2.69. The maximum atomic E-state index is 13.3. The van der Waals surface area contributed by atoms with Gasteiger partial charge in [-0.2, -0.15) is 0 Å². The predicted octanol–water partition coefficient (Wildman–Crippen LogP) is 2.88. The van der Waals surface area contributed by atoms with Crippen LogP contribution in [0.4, 0.5) is 20.2 Å². The zero-order valence-electron chi connectivity index (χ0n) is 11.8. The molecule has 22 heavy (non-hydrogen) atoms. The van der Waals surface area contributed by atoms with E-state index in [0.29, 0.717) is 24.5 Å². The molecule has 0 amide bonds. The first-order valence-corrected chi connectivity index (χ1v) is 7.11. The maximum Gasteiger partial charge on any atom is 0.300 e. The van der Waals surface area contributed by atoms with Gasteiger partial charge in [0.15, 0.2) is 6.29 Å². The van der Waals surface area contributed by atoms with Crippen LogP contribution in [0.5, 0.6) is 0 Å². The molecule has 0 bridgehead atoms. The van der Waals surface area contributed by atoms with Gasteiger partial charge in [0, 0.05) is 25.9 Å². The number of hydrogen-bond acceptors (Lipinski definition) is 5. The number of para-hydroxylation sites is 1. The van der Waals surface area contributed by atoms with Crippen molar-refractivity contribution in [1.29, 1.82) is 0 Å². The number of rotatable bonds is 3. The molecule has 120 valence electrons. The highest BCUT2D eigenvalue weighted by atomic mass is 19.3. The summed E-state index contributed by atoms with van der Waals surface area (Å²) in [6, 6.07) is 4.83. The lowest BCUT2D eigenvalue weighted by Gasteiger charge is -2.33. The second kappa shape index (κ2) is 5.77. The van der Waals surface area contributed by atoms with E-state index in [1.54, 1.807) is 23.1 Å². The molecular formula is C14H16F2N2O4. The topological polar surface area (TPSA) is 64.8 Å². The van der Waals surface area contributed by atoms with E-state index in [0.717, 1.165) is 0 Å². The predicted molar refractivity (Wildman–Crippen MR) is 74.1 cm³/mol. The van der Waals surface area contributed by atoms with Crippen LogP contribution in [0.3, 0.4) is 0 Å². The number of piperidine rings is 1. The monoisotopic (exact) mass is 314 g/mol. The summed E-state index contributed by atoms with van der Waals surface area (Å²) in [5.41, 5.74) is 0.550. The SMILES string of the molecule is O=[N+]([O-])c1c(C2OCCO2)cccc1N1CCC(F)(F)CC1. The number of alkyl halides is 2. The second-order valence-corrected chi connectivity index (χ2v) is 5.39. The highest BCUT2D eigenvalue weighted by molar-refractivity contribution is 5.67. The minimum atomic E-state index is -2.69. The number of nitro groups is 1. The number of halogens is 2. The Kier molecular flexibility index (Phi) is 3.96. The largest absolute Gasteiger partial charge is 0.366 e. The summed E-state index contributed by atoms with van der Waals surface area (Å²) in [5, 5.41) is 11.5. The average Bonchev–Trinajstić information content (AvgIpc) is 3.00. The third kappa shape index (κ3) is 2.89. The van der Waals surface area contributed by atoms with Crippen molar-refractivity contribution < 1.29 is 23.2 Å². The van der Waals surface area contributed by atoms with E-state index in [-0.39, 0.29) is 31.6 Å². The Hall–Kier alpha value is -1.80. The zero-order valence-corrected chi connectivity index (χ0v) is 11.8. The molecule has 2 saturated heterocycles. The highest BCUT2D eigenvalue weighted by Gasteiger charge is 2.37. The molecule has 0 spiro atoms. The van der Waals surface area contributed by atoms with E-state index in [2.05, 4.69) is 0 Å². The molecule has 0 saturated carbocycles. The van der Waals surface area contributed by atoms with Gasteiger partial charge in [-0.1, -0.05) is 6.07 Å². The van der Waals surface area contributed by atoms with Crippen LogP contribution in [-0.2, 0) is 9.47 Å². The van der Waals surface area contributed by atoms with Gasteiger partial charge in [0.05, 0.1) is 23.7 Å². The summed E-state index contributed by atoms with van der Waals surface area (Å²) in [6.07, 6.45) is -1.37. The van der Waals surface area contributed by atoms with E-state index in [1.165, 1.54) is 0 Å². The lowest BCUT2D eigenvalue weighted by molar-refractivity contribution is -0.386. The van der Waals surface area contributed by atoms with Gasteiger partial charge in [-0.25, -0.2) is 8.78 Å². The van der Waals surface area contributed by atoms with Gasteiger partial charge in [0.2, 0.25) is 0 Å². The molecule has 0 radical (unpaired) electrons. The van der Waals surface area contributed by atoms with E-state index in [9.17, 15) is 18.9 Å². The third-order valence-corrected chi connectivity index (χ3v) is 3.94. The molecule has 0 aromatic heterocycles. The van der Waals surface area contributed by atoms with Crippen LogP contribution in [-0.4, -0.2) is 37.1 Å². The fourth-order valence-electron chi connectivity index (χ4n) is 2.81. The number of nitrogens with zero attached hydrogens (tertiary/aromatic N) is 2. The molecule has 0 aliphatic carbocycles. The number of nitro benzene ring substituents is 1. The fourth-order valence-corrected chi connectivity index (χ4v) is 2.81. The van der Waals surface area contributed by atoms with E-state index < -0.39 is 17.1 Å². The normalized spacial score (nSPS) is 22.0. The van der Waals surface area contributed by atoms with Crippen LogP contribution < -0.4 is 4.90 Å². The lowest BCUT2D eigenvalue weighted by atomic mass is 10.0. The van der Waals surface area contributed by atoms with Gasteiger partial charge in [-0.05, 0) is 12.1 Å². The molecule has 2 aliphatic heterocycles.